The lowest BCUT2D eigenvalue weighted by atomic mass is 10.0. The van der Waals surface area contributed by atoms with Crippen LogP contribution in [0.2, 0.25) is 5.02 Å². The number of nitrogens with two attached hydrogens (primary N) is 1. The van der Waals surface area contributed by atoms with E-state index in [0.717, 1.165) is 18.6 Å². The van der Waals surface area contributed by atoms with Gasteiger partial charge in [-0.1, -0.05) is 24.6 Å². The summed E-state index contributed by atoms with van der Waals surface area (Å²) < 4.78 is 5.57. The average molecular weight is 299 g/mol. The molecule has 0 aliphatic rings. The van der Waals surface area contributed by atoms with E-state index in [1.54, 1.807) is 24.1 Å². The smallest absolute Gasteiger partial charge is 0.225 e. The first-order chi connectivity index (χ1) is 9.54. The van der Waals surface area contributed by atoms with Crippen molar-refractivity contribution < 1.29 is 9.53 Å². The van der Waals surface area contributed by atoms with E-state index in [0.29, 0.717) is 24.7 Å². The van der Waals surface area contributed by atoms with E-state index in [2.05, 4.69) is 0 Å². The molecule has 0 radical (unpaired) electrons. The molecule has 0 saturated heterocycles. The van der Waals surface area contributed by atoms with Gasteiger partial charge in [0.1, 0.15) is 12.4 Å². The highest BCUT2D eigenvalue weighted by Gasteiger charge is 2.16. The van der Waals surface area contributed by atoms with Crippen LogP contribution in [-0.4, -0.2) is 37.6 Å². The lowest BCUT2D eigenvalue weighted by Gasteiger charge is -2.21. The molecule has 1 atom stereocenters. The van der Waals surface area contributed by atoms with Crippen LogP contribution in [0.15, 0.2) is 24.3 Å². The van der Waals surface area contributed by atoms with Gasteiger partial charge in [0.25, 0.3) is 0 Å². The zero-order valence-electron chi connectivity index (χ0n) is 12.1. The average Bonchev–Trinajstić information content (AvgIpc) is 2.43. The van der Waals surface area contributed by atoms with Gasteiger partial charge in [0.05, 0.1) is 6.54 Å². The van der Waals surface area contributed by atoms with Crippen LogP contribution in [-0.2, 0) is 4.79 Å². The molecule has 1 aromatic carbocycles. The number of hydrogen-bond acceptors (Lipinski definition) is 3. The Hall–Kier alpha value is -1.26. The van der Waals surface area contributed by atoms with E-state index in [1.807, 2.05) is 19.1 Å². The fourth-order valence-electron chi connectivity index (χ4n) is 1.89. The summed E-state index contributed by atoms with van der Waals surface area (Å²) in [5.74, 6) is 0.859. The molecule has 1 unspecified atom stereocenters. The van der Waals surface area contributed by atoms with E-state index in [4.69, 9.17) is 22.1 Å². The number of halogens is 1. The van der Waals surface area contributed by atoms with Crippen molar-refractivity contribution in [3.63, 3.8) is 0 Å². The van der Waals surface area contributed by atoms with Crippen LogP contribution in [0, 0.1) is 5.92 Å². The van der Waals surface area contributed by atoms with Gasteiger partial charge in [-0.15, -0.1) is 0 Å². The highest BCUT2D eigenvalue weighted by Crippen LogP contribution is 2.17. The maximum absolute atomic E-state index is 12.1. The maximum atomic E-state index is 12.1. The van der Waals surface area contributed by atoms with Crippen molar-refractivity contribution >= 4 is 17.5 Å². The van der Waals surface area contributed by atoms with Gasteiger partial charge in [0, 0.05) is 18.0 Å². The van der Waals surface area contributed by atoms with Crippen LogP contribution in [0.3, 0.4) is 0 Å². The monoisotopic (exact) mass is 298 g/mol. The zero-order valence-corrected chi connectivity index (χ0v) is 12.9. The number of rotatable bonds is 8. The Morgan fingerprint density at radius 1 is 1.50 bits per heavy atom. The third-order valence-electron chi connectivity index (χ3n) is 3.13. The number of amides is 1. The second kappa shape index (κ2) is 8.82. The van der Waals surface area contributed by atoms with Crippen molar-refractivity contribution in [2.45, 2.75) is 19.8 Å². The normalized spacial score (nSPS) is 12.0. The van der Waals surface area contributed by atoms with Gasteiger partial charge in [0.2, 0.25) is 5.91 Å². The standard InChI is InChI=1S/C15H23ClN2O2/c1-12(5-4-8-17)15(19)18(2)9-10-20-14-7-3-6-13(16)11-14/h3,6-7,11-12H,4-5,8-10,17H2,1-2H3. The molecule has 0 aliphatic heterocycles. The molecule has 0 fully saturated rings. The summed E-state index contributed by atoms with van der Waals surface area (Å²) >= 11 is 5.87. The highest BCUT2D eigenvalue weighted by atomic mass is 35.5. The van der Waals surface area contributed by atoms with Crippen molar-refractivity contribution in [3.8, 4) is 5.75 Å². The predicted molar refractivity (Wildman–Crippen MR) is 82.0 cm³/mol. The molecule has 4 nitrogen and oxygen atoms in total. The third-order valence-corrected chi connectivity index (χ3v) is 3.37. The van der Waals surface area contributed by atoms with Crippen LogP contribution in [0.1, 0.15) is 19.8 Å². The Bertz CT molecular complexity index is 426. The summed E-state index contributed by atoms with van der Waals surface area (Å²) in [4.78, 5) is 13.8. The highest BCUT2D eigenvalue weighted by molar-refractivity contribution is 6.30. The molecule has 1 amide bonds. The van der Waals surface area contributed by atoms with Gasteiger partial charge >= 0.3 is 0 Å². The summed E-state index contributed by atoms with van der Waals surface area (Å²) in [5, 5.41) is 0.641. The minimum atomic E-state index is 0.00900. The molecule has 0 aromatic heterocycles. The minimum Gasteiger partial charge on any atom is -0.492 e. The number of likely N-dealkylation sites (N-methyl/N-ethyl adjacent to an activating group) is 1. The summed E-state index contributed by atoms with van der Waals surface area (Å²) in [7, 11) is 1.79. The Labute approximate surface area is 125 Å². The molecule has 20 heavy (non-hydrogen) atoms. The number of nitrogens with zero attached hydrogens (tertiary/aromatic N) is 1. The zero-order chi connectivity index (χ0) is 15.0. The summed E-state index contributed by atoms with van der Waals surface area (Å²) in [6.07, 6.45) is 1.70. The molecule has 0 spiro atoms. The molecule has 112 valence electrons. The Morgan fingerprint density at radius 2 is 2.25 bits per heavy atom. The lowest BCUT2D eigenvalue weighted by molar-refractivity contribution is -0.134. The van der Waals surface area contributed by atoms with Crippen molar-refractivity contribution in [1.82, 2.24) is 4.90 Å². The van der Waals surface area contributed by atoms with E-state index in [-0.39, 0.29) is 11.8 Å². The SMILES string of the molecule is CC(CCCN)C(=O)N(C)CCOc1cccc(Cl)c1. The first-order valence-corrected chi connectivity index (χ1v) is 7.25. The molecule has 2 N–H and O–H groups in total. The number of carbonyl (C=O) groups excluding carboxylic acids is 1. The maximum Gasteiger partial charge on any atom is 0.225 e. The van der Waals surface area contributed by atoms with Crippen LogP contribution in [0.25, 0.3) is 0 Å². The Morgan fingerprint density at radius 3 is 2.90 bits per heavy atom. The molecule has 0 aliphatic carbocycles. The van der Waals surface area contributed by atoms with Gasteiger partial charge in [0.15, 0.2) is 0 Å². The second-order valence-corrected chi connectivity index (χ2v) is 5.33. The van der Waals surface area contributed by atoms with Crippen LogP contribution < -0.4 is 10.5 Å². The van der Waals surface area contributed by atoms with Gasteiger partial charge in [-0.25, -0.2) is 0 Å². The second-order valence-electron chi connectivity index (χ2n) is 4.90. The molecule has 0 bridgehead atoms. The predicted octanol–water partition coefficient (Wildman–Crippen LogP) is 2.55. The van der Waals surface area contributed by atoms with Crippen LogP contribution >= 0.6 is 11.6 Å². The van der Waals surface area contributed by atoms with Crippen molar-refractivity contribution in [1.29, 1.82) is 0 Å². The molecule has 0 saturated carbocycles. The number of benzene rings is 1. The van der Waals surface area contributed by atoms with Crippen molar-refractivity contribution in [2.24, 2.45) is 11.7 Å². The molecule has 5 heteroatoms. The molecule has 0 heterocycles. The summed E-state index contributed by atoms with van der Waals surface area (Å²) in [5.41, 5.74) is 5.45. The number of ether oxygens (including phenoxy) is 1. The third kappa shape index (κ3) is 5.80. The summed E-state index contributed by atoms with van der Waals surface area (Å²) in [6, 6.07) is 7.23. The Kier molecular flexibility index (Phi) is 7.41. The van der Waals surface area contributed by atoms with Crippen molar-refractivity contribution in [3.05, 3.63) is 29.3 Å². The van der Waals surface area contributed by atoms with Crippen LogP contribution in [0.5, 0.6) is 5.75 Å². The first kappa shape index (κ1) is 16.8. The van der Waals surface area contributed by atoms with Gasteiger partial charge in [-0.3, -0.25) is 4.79 Å². The number of carbonyl (C=O) groups is 1. The summed E-state index contributed by atoms with van der Waals surface area (Å²) in [6.45, 7) is 3.57. The van der Waals surface area contributed by atoms with Crippen LogP contribution in [0.4, 0.5) is 0 Å². The Balaban J connectivity index is 2.32. The minimum absolute atomic E-state index is 0.00900. The van der Waals surface area contributed by atoms with Crippen molar-refractivity contribution in [2.75, 3.05) is 26.7 Å². The molecular weight excluding hydrogens is 276 g/mol. The largest absolute Gasteiger partial charge is 0.492 e. The van der Waals surface area contributed by atoms with Gasteiger partial charge in [-0.2, -0.15) is 0 Å². The fraction of sp³-hybridized carbons (Fsp3) is 0.533. The topological polar surface area (TPSA) is 55.6 Å². The molecular formula is C15H23ClN2O2. The number of hydrogen-bond donors (Lipinski definition) is 1. The molecule has 1 aromatic rings. The van der Waals surface area contributed by atoms with E-state index in [9.17, 15) is 4.79 Å². The van der Waals surface area contributed by atoms with E-state index < -0.39 is 0 Å². The first-order valence-electron chi connectivity index (χ1n) is 6.88. The molecule has 1 rings (SSSR count). The lowest BCUT2D eigenvalue weighted by Crippen LogP contribution is -2.35. The quantitative estimate of drug-likeness (QED) is 0.802. The van der Waals surface area contributed by atoms with Gasteiger partial charge in [-0.05, 0) is 37.6 Å². The van der Waals surface area contributed by atoms with E-state index in [1.165, 1.54) is 0 Å². The fourth-order valence-corrected chi connectivity index (χ4v) is 2.07. The van der Waals surface area contributed by atoms with Gasteiger partial charge < -0.3 is 15.4 Å². The van der Waals surface area contributed by atoms with E-state index >= 15 is 0 Å².